The molecule has 3 aliphatic rings. The number of anilines is 1. The van der Waals surface area contributed by atoms with E-state index in [0.29, 0.717) is 18.7 Å². The van der Waals surface area contributed by atoms with Gasteiger partial charge in [-0.15, -0.1) is 11.3 Å². The molecule has 0 saturated carbocycles. The molecule has 8 rings (SSSR count). The van der Waals surface area contributed by atoms with Crippen LogP contribution in [0.1, 0.15) is 58.4 Å². The van der Waals surface area contributed by atoms with Crippen LogP contribution >= 0.6 is 11.3 Å². The number of rotatable bonds is 7. The fraction of sp³-hybridized carbons (Fsp3) is 0.214. The van der Waals surface area contributed by atoms with Crippen molar-refractivity contribution in [2.24, 2.45) is 0 Å². The van der Waals surface area contributed by atoms with E-state index in [0.717, 1.165) is 49.7 Å². The lowest BCUT2D eigenvalue weighted by atomic mass is 9.78. The van der Waals surface area contributed by atoms with Gasteiger partial charge in [-0.1, -0.05) is 66.7 Å². The predicted octanol–water partition coefficient (Wildman–Crippen LogP) is 10.3. The van der Waals surface area contributed by atoms with Gasteiger partial charge in [0.1, 0.15) is 5.82 Å². The number of amides is 1. The highest BCUT2D eigenvalue weighted by atomic mass is 32.1. The minimum absolute atomic E-state index is 0.365. The Morgan fingerprint density at radius 2 is 1.62 bits per heavy atom. The van der Waals surface area contributed by atoms with Crippen molar-refractivity contribution in [2.45, 2.75) is 51.2 Å². The molecule has 1 aromatic heterocycles. The van der Waals surface area contributed by atoms with E-state index in [9.17, 15) is 9.18 Å². The lowest BCUT2D eigenvalue weighted by Crippen LogP contribution is -2.36. The standard InChI is InChI=1S/C42H36FNO3S/c43-33-16-18-34(19-17-33)44(47-42-7-3-4-26-46-42)41(45)25-10-28-8-11-30(12-9-28)39-23-24-40(48-39)32-15-20-36-31(27-32)14-22-37-35-6-2-1-5-29(35)13-21-38(36)37/h1-2,5-6,8-12,14,16-19,22-25,27,42H,3-4,7,13,15,20-21,26H2. The molecule has 48 heavy (non-hydrogen) atoms. The number of halogens is 1. The molecule has 0 N–H and O–H groups in total. The number of carbonyl (C=O) groups is 1. The van der Waals surface area contributed by atoms with E-state index in [1.165, 1.54) is 84.1 Å². The van der Waals surface area contributed by atoms with Crippen molar-refractivity contribution in [1.29, 1.82) is 0 Å². The van der Waals surface area contributed by atoms with Crippen LogP contribution in [0.2, 0.25) is 0 Å². The molecule has 1 aliphatic heterocycles. The van der Waals surface area contributed by atoms with Gasteiger partial charge in [0.15, 0.2) is 6.29 Å². The van der Waals surface area contributed by atoms with Gasteiger partial charge in [0.05, 0.1) is 5.69 Å². The molecule has 0 radical (unpaired) electrons. The van der Waals surface area contributed by atoms with Crippen LogP contribution in [0.4, 0.5) is 10.1 Å². The van der Waals surface area contributed by atoms with E-state index < -0.39 is 6.29 Å². The van der Waals surface area contributed by atoms with E-state index in [1.54, 1.807) is 6.08 Å². The predicted molar refractivity (Wildman–Crippen MR) is 193 cm³/mol. The number of ether oxygens (including phenoxy) is 1. The third-order valence-corrected chi connectivity index (χ3v) is 10.8. The number of carbonyl (C=O) groups excluding carboxylic acids is 1. The van der Waals surface area contributed by atoms with Crippen molar-refractivity contribution in [3.8, 4) is 21.6 Å². The lowest BCUT2D eigenvalue weighted by Gasteiger charge is -2.28. The van der Waals surface area contributed by atoms with Gasteiger partial charge in [0.2, 0.25) is 0 Å². The SMILES string of the molecule is O=C(C=Cc1ccc(-c2ccc(C3=Cc4ccc5c(c4CC3)CCc3ccccc3-5)s2)cc1)N(OC1CCCCO1)c1ccc(F)cc1. The van der Waals surface area contributed by atoms with Crippen molar-refractivity contribution in [1.82, 2.24) is 0 Å². The molecule has 4 nitrogen and oxygen atoms in total. The quantitative estimate of drug-likeness (QED) is 0.130. The van der Waals surface area contributed by atoms with Crippen LogP contribution in [0.25, 0.3) is 39.3 Å². The minimum Gasteiger partial charge on any atom is -0.350 e. The summed E-state index contributed by atoms with van der Waals surface area (Å²) >= 11 is 1.83. The largest absolute Gasteiger partial charge is 0.350 e. The van der Waals surface area contributed by atoms with Gasteiger partial charge in [-0.2, -0.15) is 5.06 Å². The van der Waals surface area contributed by atoms with Crippen LogP contribution in [-0.2, 0) is 33.6 Å². The second-order valence-corrected chi connectivity index (χ2v) is 13.7. The summed E-state index contributed by atoms with van der Waals surface area (Å²) in [4.78, 5) is 21.7. The lowest BCUT2D eigenvalue weighted by molar-refractivity contribution is -0.175. The van der Waals surface area contributed by atoms with Gasteiger partial charge >= 0.3 is 0 Å². The van der Waals surface area contributed by atoms with Crippen LogP contribution in [-0.4, -0.2) is 18.8 Å². The topological polar surface area (TPSA) is 38.8 Å². The molecule has 0 spiro atoms. The van der Waals surface area contributed by atoms with Crippen molar-refractivity contribution in [2.75, 3.05) is 11.7 Å². The van der Waals surface area contributed by atoms with E-state index in [2.05, 4.69) is 66.7 Å². The first kappa shape index (κ1) is 30.7. The number of thiophene rings is 1. The molecule has 4 aromatic carbocycles. The van der Waals surface area contributed by atoms with E-state index >= 15 is 0 Å². The highest BCUT2D eigenvalue weighted by Gasteiger charge is 2.24. The number of fused-ring (bicyclic) bond motifs is 5. The molecule has 6 heteroatoms. The monoisotopic (exact) mass is 653 g/mol. The van der Waals surface area contributed by atoms with Crippen LogP contribution < -0.4 is 5.06 Å². The zero-order chi connectivity index (χ0) is 32.5. The first-order chi connectivity index (χ1) is 23.6. The van der Waals surface area contributed by atoms with Crippen molar-refractivity contribution in [3.05, 3.63) is 142 Å². The molecule has 2 heterocycles. The average Bonchev–Trinajstić information content (AvgIpc) is 3.64. The number of benzene rings is 4. The van der Waals surface area contributed by atoms with Gasteiger partial charge in [-0.05, 0) is 131 Å². The number of hydrogen-bond acceptors (Lipinski definition) is 4. The Hall–Kier alpha value is -4.62. The summed E-state index contributed by atoms with van der Waals surface area (Å²) in [6.45, 7) is 0.590. The van der Waals surface area contributed by atoms with Gasteiger partial charge in [-0.3, -0.25) is 4.79 Å². The Morgan fingerprint density at radius 1 is 0.812 bits per heavy atom. The third kappa shape index (κ3) is 6.31. The Balaban J connectivity index is 0.966. The highest BCUT2D eigenvalue weighted by molar-refractivity contribution is 7.16. The minimum atomic E-state index is -0.515. The van der Waals surface area contributed by atoms with E-state index in [4.69, 9.17) is 9.57 Å². The van der Waals surface area contributed by atoms with Gasteiger partial charge in [0.25, 0.3) is 5.91 Å². The maximum Gasteiger partial charge on any atom is 0.275 e. The summed E-state index contributed by atoms with van der Waals surface area (Å²) < 4.78 is 19.3. The van der Waals surface area contributed by atoms with Gasteiger partial charge in [-0.25, -0.2) is 9.23 Å². The van der Waals surface area contributed by atoms with Crippen molar-refractivity contribution in [3.63, 3.8) is 0 Å². The molecular formula is C42H36FNO3S. The molecule has 240 valence electrons. The van der Waals surface area contributed by atoms with Crippen LogP contribution in [0, 0.1) is 5.82 Å². The first-order valence-electron chi connectivity index (χ1n) is 16.8. The number of hydrogen-bond donors (Lipinski definition) is 0. The molecule has 5 aromatic rings. The molecule has 1 amide bonds. The number of allylic oxidation sites excluding steroid dienone is 1. The normalized spacial score (nSPS) is 16.9. The Kier molecular flexibility index (Phi) is 8.62. The maximum atomic E-state index is 13.6. The van der Waals surface area contributed by atoms with Crippen molar-refractivity contribution < 1.29 is 18.8 Å². The summed E-state index contributed by atoms with van der Waals surface area (Å²) in [5.74, 6) is -0.741. The fourth-order valence-electron chi connectivity index (χ4n) is 7.04. The molecular weight excluding hydrogens is 618 g/mol. The number of hydroxylamine groups is 1. The Labute approximate surface area is 284 Å². The number of nitrogens with zero attached hydrogens (tertiary/aromatic N) is 1. The summed E-state index contributed by atoms with van der Waals surface area (Å²) in [5.41, 5.74) is 12.6. The van der Waals surface area contributed by atoms with Crippen LogP contribution in [0.15, 0.2) is 103 Å². The smallest absolute Gasteiger partial charge is 0.275 e. The molecule has 2 aliphatic carbocycles. The Bertz CT molecular complexity index is 2020. The molecule has 1 unspecified atom stereocenters. The highest BCUT2D eigenvalue weighted by Crippen LogP contribution is 2.42. The number of aryl methyl sites for hydroxylation is 1. The Morgan fingerprint density at radius 3 is 2.46 bits per heavy atom. The molecule has 0 bridgehead atoms. The molecule has 1 fully saturated rings. The van der Waals surface area contributed by atoms with Crippen LogP contribution in [0.3, 0.4) is 0 Å². The van der Waals surface area contributed by atoms with Gasteiger partial charge in [0, 0.05) is 28.9 Å². The summed E-state index contributed by atoms with van der Waals surface area (Å²) in [5, 5.41) is 1.19. The van der Waals surface area contributed by atoms with Crippen molar-refractivity contribution >= 4 is 40.7 Å². The zero-order valence-electron chi connectivity index (χ0n) is 26.7. The summed E-state index contributed by atoms with van der Waals surface area (Å²) in [7, 11) is 0. The fourth-order valence-corrected chi connectivity index (χ4v) is 8.10. The zero-order valence-corrected chi connectivity index (χ0v) is 27.5. The van der Waals surface area contributed by atoms with Crippen LogP contribution in [0.5, 0.6) is 0 Å². The molecule has 1 atom stereocenters. The second-order valence-electron chi connectivity index (χ2n) is 12.6. The maximum absolute atomic E-state index is 13.6. The summed E-state index contributed by atoms with van der Waals surface area (Å²) in [6.07, 6.45) is 12.1. The van der Waals surface area contributed by atoms with E-state index in [1.807, 2.05) is 23.5 Å². The first-order valence-corrected chi connectivity index (χ1v) is 17.6. The second kappa shape index (κ2) is 13.5. The molecule has 1 saturated heterocycles. The van der Waals surface area contributed by atoms with Gasteiger partial charge < -0.3 is 4.74 Å². The summed E-state index contributed by atoms with van der Waals surface area (Å²) in [6, 6.07) is 31.9. The average molecular weight is 654 g/mol. The van der Waals surface area contributed by atoms with E-state index in [-0.39, 0.29) is 11.7 Å². The third-order valence-electron chi connectivity index (χ3n) is 9.55.